The first kappa shape index (κ1) is 20.7. The van der Waals surface area contributed by atoms with Crippen LogP contribution in [0.5, 0.6) is 11.5 Å². The average Bonchev–Trinajstić information content (AvgIpc) is 2.68. The Bertz CT molecular complexity index is 926. The molecule has 0 fully saturated rings. The van der Waals surface area contributed by atoms with Gasteiger partial charge in [0.1, 0.15) is 6.61 Å². The monoisotopic (exact) mass is 503 g/mol. The molecule has 5 heteroatoms. The molecule has 0 aliphatic rings. The summed E-state index contributed by atoms with van der Waals surface area (Å²) in [7, 11) is 0. The lowest BCUT2D eigenvalue weighted by atomic mass is 10.1. The number of ether oxygens (including phenoxy) is 2. The van der Waals surface area contributed by atoms with Crippen molar-refractivity contribution in [2.75, 3.05) is 11.9 Å². The minimum Gasteiger partial charge on any atom is -0.490 e. The molecule has 3 rings (SSSR count). The number of halogens is 2. The summed E-state index contributed by atoms with van der Waals surface area (Å²) in [4.78, 5) is 0. The molecule has 0 atom stereocenters. The van der Waals surface area contributed by atoms with E-state index in [1.165, 1.54) is 5.56 Å². The number of nitrogens with one attached hydrogen (secondary N) is 1. The van der Waals surface area contributed by atoms with Gasteiger partial charge in [0, 0.05) is 21.2 Å². The molecule has 0 aromatic heterocycles. The minimum absolute atomic E-state index is 0.503. The van der Waals surface area contributed by atoms with E-state index >= 15 is 0 Å². The molecule has 0 aliphatic carbocycles. The van der Waals surface area contributed by atoms with Gasteiger partial charge in [-0.05, 0) is 73.0 Å². The van der Waals surface area contributed by atoms with E-state index < -0.39 is 0 Å². The Labute approximate surface area is 183 Å². The van der Waals surface area contributed by atoms with Crippen molar-refractivity contribution in [2.45, 2.75) is 27.0 Å². The molecule has 3 aromatic carbocycles. The Morgan fingerprint density at radius 1 is 0.786 bits per heavy atom. The SMILES string of the molecule is CCOc1cc(CNc2ccc(Br)cc2C)ccc1OCc1ccc(Br)cc1. The fourth-order valence-electron chi connectivity index (χ4n) is 2.81. The van der Waals surface area contributed by atoms with Gasteiger partial charge >= 0.3 is 0 Å². The van der Waals surface area contributed by atoms with Crippen molar-refractivity contribution in [3.05, 3.63) is 86.3 Å². The quantitative estimate of drug-likeness (QED) is 0.354. The van der Waals surface area contributed by atoms with E-state index in [0.29, 0.717) is 13.2 Å². The second-order valence-corrected chi connectivity index (χ2v) is 8.27. The molecule has 1 N–H and O–H groups in total. The maximum atomic E-state index is 6.00. The van der Waals surface area contributed by atoms with Gasteiger partial charge in [-0.3, -0.25) is 0 Å². The smallest absolute Gasteiger partial charge is 0.161 e. The van der Waals surface area contributed by atoms with Gasteiger partial charge in [-0.25, -0.2) is 0 Å². The molecule has 0 amide bonds. The Morgan fingerprint density at radius 2 is 1.50 bits per heavy atom. The first-order chi connectivity index (χ1) is 13.5. The summed E-state index contributed by atoms with van der Waals surface area (Å²) < 4.78 is 14.0. The van der Waals surface area contributed by atoms with E-state index in [1.807, 2.05) is 49.4 Å². The van der Waals surface area contributed by atoms with Gasteiger partial charge in [0.2, 0.25) is 0 Å². The highest BCUT2D eigenvalue weighted by atomic mass is 79.9. The first-order valence-corrected chi connectivity index (χ1v) is 10.8. The Balaban J connectivity index is 1.68. The highest BCUT2D eigenvalue weighted by Gasteiger charge is 2.08. The third kappa shape index (κ3) is 5.76. The van der Waals surface area contributed by atoms with Crippen LogP contribution >= 0.6 is 31.9 Å². The fraction of sp³-hybridized carbons (Fsp3) is 0.217. The van der Waals surface area contributed by atoms with E-state index in [4.69, 9.17) is 9.47 Å². The van der Waals surface area contributed by atoms with Crippen molar-refractivity contribution in [1.82, 2.24) is 0 Å². The predicted octanol–water partition coefficient (Wildman–Crippen LogP) is 7.11. The van der Waals surface area contributed by atoms with Crippen LogP contribution in [0.3, 0.4) is 0 Å². The third-order valence-corrected chi connectivity index (χ3v) is 5.31. The molecule has 28 heavy (non-hydrogen) atoms. The molecule has 3 nitrogen and oxygen atoms in total. The maximum absolute atomic E-state index is 6.00. The van der Waals surface area contributed by atoms with E-state index in [0.717, 1.165) is 43.8 Å². The van der Waals surface area contributed by atoms with Crippen LogP contribution in [0.25, 0.3) is 0 Å². The van der Waals surface area contributed by atoms with Crippen molar-refractivity contribution in [1.29, 1.82) is 0 Å². The summed E-state index contributed by atoms with van der Waals surface area (Å²) >= 11 is 6.95. The molecule has 0 spiro atoms. The largest absolute Gasteiger partial charge is 0.490 e. The van der Waals surface area contributed by atoms with Crippen LogP contribution in [0, 0.1) is 6.92 Å². The van der Waals surface area contributed by atoms with Crippen molar-refractivity contribution in [3.63, 3.8) is 0 Å². The van der Waals surface area contributed by atoms with Crippen LogP contribution in [0.2, 0.25) is 0 Å². The molecule has 0 bridgehead atoms. The lowest BCUT2D eigenvalue weighted by Crippen LogP contribution is -2.04. The van der Waals surface area contributed by atoms with Gasteiger partial charge in [-0.2, -0.15) is 0 Å². The zero-order valence-corrected chi connectivity index (χ0v) is 19.1. The summed E-state index contributed by atoms with van der Waals surface area (Å²) in [5, 5.41) is 3.49. The van der Waals surface area contributed by atoms with Crippen LogP contribution in [-0.4, -0.2) is 6.61 Å². The summed E-state index contributed by atoms with van der Waals surface area (Å²) in [5.41, 5.74) is 4.58. The van der Waals surface area contributed by atoms with Crippen molar-refractivity contribution in [3.8, 4) is 11.5 Å². The normalized spacial score (nSPS) is 10.6. The number of aryl methyl sites for hydroxylation is 1. The van der Waals surface area contributed by atoms with Gasteiger partial charge in [0.15, 0.2) is 11.5 Å². The third-order valence-electron chi connectivity index (χ3n) is 4.29. The van der Waals surface area contributed by atoms with Crippen LogP contribution in [0.1, 0.15) is 23.6 Å². The van der Waals surface area contributed by atoms with Crippen LogP contribution < -0.4 is 14.8 Å². The molecular weight excluding hydrogens is 482 g/mol. The van der Waals surface area contributed by atoms with Crippen LogP contribution in [-0.2, 0) is 13.2 Å². The minimum atomic E-state index is 0.503. The standard InChI is InChI=1S/C23H23Br2NO2/c1-3-27-23-13-18(14-26-21-10-9-20(25)12-16(21)2)6-11-22(23)28-15-17-4-7-19(24)8-5-17/h4-13,26H,3,14-15H2,1-2H3. The van der Waals surface area contributed by atoms with Crippen molar-refractivity contribution < 1.29 is 9.47 Å². The van der Waals surface area contributed by atoms with E-state index in [9.17, 15) is 0 Å². The van der Waals surface area contributed by atoms with Crippen molar-refractivity contribution >= 4 is 37.5 Å². The molecule has 0 saturated carbocycles. The second kappa shape index (κ2) is 9.99. The first-order valence-electron chi connectivity index (χ1n) is 9.18. The summed E-state index contributed by atoms with van der Waals surface area (Å²) in [6.45, 7) is 5.89. The molecular formula is C23H23Br2NO2. The lowest BCUT2D eigenvalue weighted by molar-refractivity contribution is 0.269. The highest BCUT2D eigenvalue weighted by Crippen LogP contribution is 2.30. The molecule has 3 aromatic rings. The van der Waals surface area contributed by atoms with E-state index in [-0.39, 0.29) is 0 Å². The molecule has 146 valence electrons. The zero-order valence-electron chi connectivity index (χ0n) is 16.0. The molecule has 0 heterocycles. The Kier molecular flexibility index (Phi) is 7.40. The number of rotatable bonds is 8. The average molecular weight is 505 g/mol. The van der Waals surface area contributed by atoms with Gasteiger partial charge in [0.25, 0.3) is 0 Å². The molecule has 0 radical (unpaired) electrons. The predicted molar refractivity (Wildman–Crippen MR) is 122 cm³/mol. The second-order valence-electron chi connectivity index (χ2n) is 6.44. The summed E-state index contributed by atoms with van der Waals surface area (Å²) in [6.07, 6.45) is 0. The van der Waals surface area contributed by atoms with Crippen molar-refractivity contribution in [2.24, 2.45) is 0 Å². The van der Waals surface area contributed by atoms with Crippen LogP contribution in [0.15, 0.2) is 69.6 Å². The lowest BCUT2D eigenvalue weighted by Gasteiger charge is -2.15. The molecule has 0 unspecified atom stereocenters. The van der Waals surface area contributed by atoms with Crippen LogP contribution in [0.4, 0.5) is 5.69 Å². The number of anilines is 1. The van der Waals surface area contributed by atoms with Gasteiger partial charge in [-0.15, -0.1) is 0 Å². The topological polar surface area (TPSA) is 30.5 Å². The maximum Gasteiger partial charge on any atom is 0.161 e. The number of hydrogen-bond acceptors (Lipinski definition) is 3. The highest BCUT2D eigenvalue weighted by molar-refractivity contribution is 9.10. The zero-order chi connectivity index (χ0) is 19.9. The number of benzene rings is 3. The van der Waals surface area contributed by atoms with E-state index in [2.05, 4.69) is 62.3 Å². The Morgan fingerprint density at radius 3 is 2.21 bits per heavy atom. The molecule has 0 saturated heterocycles. The van der Waals surface area contributed by atoms with Gasteiger partial charge in [0.05, 0.1) is 6.61 Å². The number of hydrogen-bond donors (Lipinski definition) is 1. The van der Waals surface area contributed by atoms with Gasteiger partial charge < -0.3 is 14.8 Å². The summed E-state index contributed by atoms with van der Waals surface area (Å²) in [6, 6.07) is 20.4. The fourth-order valence-corrected chi connectivity index (χ4v) is 3.55. The van der Waals surface area contributed by atoms with Gasteiger partial charge in [-0.1, -0.05) is 50.1 Å². The summed E-state index contributed by atoms with van der Waals surface area (Å²) in [5.74, 6) is 1.53. The Hall–Kier alpha value is -1.98. The van der Waals surface area contributed by atoms with E-state index in [1.54, 1.807) is 0 Å². The molecule has 0 aliphatic heterocycles.